The molecule has 0 fully saturated rings. The zero-order chi connectivity index (χ0) is 13.3. The third-order valence-corrected chi connectivity index (χ3v) is 3.09. The fourth-order valence-electron chi connectivity index (χ4n) is 2.22. The van der Waals surface area contributed by atoms with Crippen molar-refractivity contribution in [3.8, 4) is 6.07 Å². The van der Waals surface area contributed by atoms with E-state index in [-0.39, 0.29) is 5.91 Å². The highest BCUT2D eigenvalue weighted by Crippen LogP contribution is 2.33. The highest BCUT2D eigenvalue weighted by Gasteiger charge is 2.27. The molecule has 2 rings (SSSR count). The minimum atomic E-state index is 0.0906. The largest absolute Gasteiger partial charge is 0.360 e. The van der Waals surface area contributed by atoms with Crippen molar-refractivity contribution in [3.05, 3.63) is 23.8 Å². The van der Waals surface area contributed by atoms with Crippen LogP contribution in [-0.4, -0.2) is 26.0 Å². The SMILES string of the molecule is CC(C)CN1CC(=O)N(C)c2ccc(C#N)cc21. The zero-order valence-corrected chi connectivity index (χ0v) is 11.0. The highest BCUT2D eigenvalue weighted by atomic mass is 16.2. The summed E-state index contributed by atoms with van der Waals surface area (Å²) in [4.78, 5) is 15.6. The molecule has 0 bridgehead atoms. The van der Waals surface area contributed by atoms with Gasteiger partial charge in [0, 0.05) is 13.6 Å². The number of rotatable bonds is 2. The second-order valence-corrected chi connectivity index (χ2v) is 5.04. The summed E-state index contributed by atoms with van der Waals surface area (Å²) < 4.78 is 0. The Bertz CT molecular complexity index is 516. The van der Waals surface area contributed by atoms with Gasteiger partial charge in [0.05, 0.1) is 29.6 Å². The second-order valence-electron chi connectivity index (χ2n) is 5.04. The highest BCUT2D eigenvalue weighted by molar-refractivity contribution is 6.02. The molecule has 0 aliphatic carbocycles. The number of likely N-dealkylation sites (N-methyl/N-ethyl adjacent to an activating group) is 1. The quantitative estimate of drug-likeness (QED) is 0.798. The monoisotopic (exact) mass is 243 g/mol. The van der Waals surface area contributed by atoms with E-state index in [2.05, 4.69) is 24.8 Å². The molecular weight excluding hydrogens is 226 g/mol. The molecule has 0 atom stereocenters. The number of hydrogen-bond donors (Lipinski definition) is 0. The van der Waals surface area contributed by atoms with Gasteiger partial charge in [0.25, 0.3) is 0 Å². The minimum Gasteiger partial charge on any atom is -0.360 e. The number of nitriles is 1. The molecule has 4 nitrogen and oxygen atoms in total. The van der Waals surface area contributed by atoms with Crippen LogP contribution in [0.3, 0.4) is 0 Å². The first-order valence-electron chi connectivity index (χ1n) is 6.08. The molecule has 1 amide bonds. The predicted molar refractivity (Wildman–Crippen MR) is 71.6 cm³/mol. The third-order valence-electron chi connectivity index (χ3n) is 3.09. The van der Waals surface area contributed by atoms with Crippen LogP contribution in [0.5, 0.6) is 0 Å². The van der Waals surface area contributed by atoms with E-state index in [0.29, 0.717) is 18.0 Å². The standard InChI is InChI=1S/C14H17N3O/c1-10(2)8-17-9-14(18)16(3)12-5-4-11(7-15)6-13(12)17/h4-6,10H,8-9H2,1-3H3. The van der Waals surface area contributed by atoms with E-state index in [4.69, 9.17) is 5.26 Å². The Hall–Kier alpha value is -2.02. The number of carbonyl (C=O) groups excluding carboxylic acids is 1. The Morgan fingerprint density at radius 2 is 2.11 bits per heavy atom. The molecule has 1 aliphatic heterocycles. The van der Waals surface area contributed by atoms with Crippen LogP contribution in [0, 0.1) is 17.2 Å². The molecule has 0 N–H and O–H groups in total. The summed E-state index contributed by atoms with van der Waals surface area (Å²) in [5.41, 5.74) is 2.49. The van der Waals surface area contributed by atoms with Gasteiger partial charge < -0.3 is 9.80 Å². The molecular formula is C14H17N3O. The summed E-state index contributed by atoms with van der Waals surface area (Å²) in [6, 6.07) is 7.61. The lowest BCUT2D eigenvalue weighted by Gasteiger charge is -2.36. The molecule has 0 saturated heterocycles. The van der Waals surface area contributed by atoms with Gasteiger partial charge in [0.15, 0.2) is 0 Å². The van der Waals surface area contributed by atoms with Crippen LogP contribution in [0.1, 0.15) is 19.4 Å². The van der Waals surface area contributed by atoms with E-state index >= 15 is 0 Å². The molecule has 0 saturated carbocycles. The molecule has 18 heavy (non-hydrogen) atoms. The molecule has 1 aromatic rings. The maximum atomic E-state index is 11.9. The van der Waals surface area contributed by atoms with Crippen molar-refractivity contribution < 1.29 is 4.79 Å². The first-order chi connectivity index (χ1) is 8.52. The number of nitrogens with zero attached hydrogens (tertiary/aromatic N) is 3. The average Bonchev–Trinajstić information content (AvgIpc) is 2.34. The summed E-state index contributed by atoms with van der Waals surface area (Å²) >= 11 is 0. The molecule has 0 spiro atoms. The Morgan fingerprint density at radius 3 is 2.72 bits per heavy atom. The van der Waals surface area contributed by atoms with E-state index < -0.39 is 0 Å². The van der Waals surface area contributed by atoms with Gasteiger partial charge in [-0.05, 0) is 24.1 Å². The number of hydrogen-bond acceptors (Lipinski definition) is 3. The summed E-state index contributed by atoms with van der Waals surface area (Å²) in [6.07, 6.45) is 0. The Balaban J connectivity index is 2.46. The number of anilines is 2. The van der Waals surface area contributed by atoms with Gasteiger partial charge in [0.1, 0.15) is 0 Å². The third kappa shape index (κ3) is 2.17. The molecule has 1 heterocycles. The van der Waals surface area contributed by atoms with Gasteiger partial charge >= 0.3 is 0 Å². The van der Waals surface area contributed by atoms with E-state index in [0.717, 1.165) is 17.9 Å². The van der Waals surface area contributed by atoms with E-state index in [1.807, 2.05) is 12.1 Å². The number of fused-ring (bicyclic) bond motifs is 1. The maximum Gasteiger partial charge on any atom is 0.246 e. The van der Waals surface area contributed by atoms with Crippen LogP contribution in [-0.2, 0) is 4.79 Å². The van der Waals surface area contributed by atoms with Gasteiger partial charge in [-0.1, -0.05) is 13.8 Å². The molecule has 1 aliphatic rings. The summed E-state index contributed by atoms with van der Waals surface area (Å²) in [5, 5.41) is 8.98. The lowest BCUT2D eigenvalue weighted by molar-refractivity contribution is -0.117. The van der Waals surface area contributed by atoms with Crippen LogP contribution in [0.4, 0.5) is 11.4 Å². The van der Waals surface area contributed by atoms with Crippen LogP contribution < -0.4 is 9.80 Å². The van der Waals surface area contributed by atoms with Gasteiger partial charge in [0.2, 0.25) is 5.91 Å². The van der Waals surface area contributed by atoms with Crippen molar-refractivity contribution >= 4 is 17.3 Å². The van der Waals surface area contributed by atoms with E-state index in [1.165, 1.54) is 0 Å². The normalized spacial score (nSPS) is 14.7. The minimum absolute atomic E-state index is 0.0906. The van der Waals surface area contributed by atoms with Crippen molar-refractivity contribution in [2.75, 3.05) is 29.9 Å². The Morgan fingerprint density at radius 1 is 1.39 bits per heavy atom. The topological polar surface area (TPSA) is 47.3 Å². The molecule has 0 aromatic heterocycles. The summed E-state index contributed by atoms with van der Waals surface area (Å²) in [7, 11) is 1.78. The first-order valence-corrected chi connectivity index (χ1v) is 6.08. The van der Waals surface area contributed by atoms with E-state index in [1.54, 1.807) is 18.0 Å². The van der Waals surface area contributed by atoms with Crippen LogP contribution in [0.15, 0.2) is 18.2 Å². The van der Waals surface area contributed by atoms with Gasteiger partial charge in [-0.3, -0.25) is 4.79 Å². The fraction of sp³-hybridized carbons (Fsp3) is 0.429. The van der Waals surface area contributed by atoms with Crippen molar-refractivity contribution in [2.45, 2.75) is 13.8 Å². The van der Waals surface area contributed by atoms with Crippen molar-refractivity contribution in [1.29, 1.82) is 5.26 Å². The Labute approximate surface area is 107 Å². The molecule has 0 unspecified atom stereocenters. The smallest absolute Gasteiger partial charge is 0.246 e. The first kappa shape index (κ1) is 12.4. The summed E-state index contributed by atoms with van der Waals surface area (Å²) in [5.74, 6) is 0.563. The van der Waals surface area contributed by atoms with Gasteiger partial charge in [-0.25, -0.2) is 0 Å². The lowest BCUT2D eigenvalue weighted by Crippen LogP contribution is -2.45. The number of benzene rings is 1. The van der Waals surface area contributed by atoms with Crippen LogP contribution in [0.25, 0.3) is 0 Å². The van der Waals surface area contributed by atoms with Gasteiger partial charge in [-0.2, -0.15) is 5.26 Å². The predicted octanol–water partition coefficient (Wildman–Crippen LogP) is 2.00. The van der Waals surface area contributed by atoms with Crippen molar-refractivity contribution in [3.63, 3.8) is 0 Å². The molecule has 94 valence electrons. The fourth-order valence-corrected chi connectivity index (χ4v) is 2.22. The van der Waals surface area contributed by atoms with Crippen molar-refractivity contribution in [2.24, 2.45) is 5.92 Å². The summed E-state index contributed by atoms with van der Waals surface area (Å²) in [6.45, 7) is 5.45. The van der Waals surface area contributed by atoms with Crippen LogP contribution >= 0.6 is 0 Å². The van der Waals surface area contributed by atoms with Crippen LogP contribution in [0.2, 0.25) is 0 Å². The van der Waals surface area contributed by atoms with Gasteiger partial charge in [-0.15, -0.1) is 0 Å². The molecule has 1 aromatic carbocycles. The van der Waals surface area contributed by atoms with E-state index in [9.17, 15) is 4.79 Å². The number of amides is 1. The number of carbonyl (C=O) groups is 1. The second kappa shape index (κ2) is 4.69. The van der Waals surface area contributed by atoms with Crippen molar-refractivity contribution in [1.82, 2.24) is 0 Å². The maximum absolute atomic E-state index is 11.9. The molecule has 0 radical (unpaired) electrons. The Kier molecular flexibility index (Phi) is 3.24. The molecule has 4 heteroatoms. The zero-order valence-electron chi connectivity index (χ0n) is 11.0. The average molecular weight is 243 g/mol. The lowest BCUT2D eigenvalue weighted by atomic mass is 10.1.